The molecule has 4 rings (SSSR count). The van der Waals surface area contributed by atoms with Gasteiger partial charge in [0.05, 0.1) is 11.9 Å². The summed E-state index contributed by atoms with van der Waals surface area (Å²) < 4.78 is 31.6. The minimum atomic E-state index is -0.699. The first kappa shape index (κ1) is 20.9. The molecule has 0 aliphatic carbocycles. The molecule has 2 aromatic carbocycles. The van der Waals surface area contributed by atoms with Crippen LogP contribution in [0.4, 0.5) is 8.78 Å². The Morgan fingerprint density at radius 3 is 2.42 bits per heavy atom. The van der Waals surface area contributed by atoms with E-state index in [4.69, 9.17) is 4.42 Å². The molecule has 1 aliphatic heterocycles. The number of hydrogen-bond acceptors (Lipinski definition) is 5. The first-order valence-electron chi connectivity index (χ1n) is 9.98. The molecule has 1 amide bonds. The molecule has 3 aromatic rings. The maximum Gasteiger partial charge on any atom is 0.417 e. The number of amides is 1. The van der Waals surface area contributed by atoms with Gasteiger partial charge in [-0.15, -0.1) is 0 Å². The van der Waals surface area contributed by atoms with Gasteiger partial charge in [-0.1, -0.05) is 0 Å². The number of ketones is 1. The van der Waals surface area contributed by atoms with Crippen molar-refractivity contribution < 1.29 is 22.8 Å². The number of halogens is 2. The Hall–Kier alpha value is -3.33. The fourth-order valence-corrected chi connectivity index (χ4v) is 3.74. The maximum absolute atomic E-state index is 13.3. The molecule has 0 unspecified atom stereocenters. The first-order chi connectivity index (χ1) is 14.9. The number of hydrogen-bond donors (Lipinski definition) is 1. The molecule has 31 heavy (non-hydrogen) atoms. The minimum absolute atomic E-state index is 0.0507. The number of piperazine rings is 1. The number of aromatic nitrogens is 1. The lowest BCUT2D eigenvalue weighted by molar-refractivity contribution is -0.132. The van der Waals surface area contributed by atoms with Crippen molar-refractivity contribution in [2.45, 2.75) is 12.8 Å². The average molecular weight is 429 g/mol. The van der Waals surface area contributed by atoms with Crippen molar-refractivity contribution >= 4 is 22.8 Å². The average Bonchev–Trinajstić information content (AvgIpc) is 3.10. The molecule has 9 heteroatoms. The molecule has 1 fully saturated rings. The summed E-state index contributed by atoms with van der Waals surface area (Å²) in [5.74, 6) is -2.20. The van der Waals surface area contributed by atoms with Crippen molar-refractivity contribution in [2.24, 2.45) is 0 Å². The van der Waals surface area contributed by atoms with Crippen LogP contribution >= 0.6 is 0 Å². The van der Waals surface area contributed by atoms with Crippen LogP contribution in [0.25, 0.3) is 11.1 Å². The molecule has 7 nitrogen and oxygen atoms in total. The zero-order valence-electron chi connectivity index (χ0n) is 16.7. The van der Waals surface area contributed by atoms with Crippen molar-refractivity contribution in [1.82, 2.24) is 14.8 Å². The molecule has 1 aliphatic rings. The molecular formula is C22H21F2N3O4. The molecule has 0 spiro atoms. The predicted molar refractivity (Wildman–Crippen MR) is 109 cm³/mol. The van der Waals surface area contributed by atoms with Crippen LogP contribution in [0.15, 0.2) is 45.6 Å². The quantitative estimate of drug-likeness (QED) is 0.608. The van der Waals surface area contributed by atoms with Crippen LogP contribution in [0, 0.1) is 11.6 Å². The van der Waals surface area contributed by atoms with E-state index in [1.54, 1.807) is 23.1 Å². The number of Topliss-reactive ketones (excluding diaryl/α,β-unsaturated/α-hetero) is 1. The second-order valence-electron chi connectivity index (χ2n) is 7.58. The number of carbonyl (C=O) groups excluding carboxylic acids is 2. The highest BCUT2D eigenvalue weighted by molar-refractivity contribution is 5.98. The van der Waals surface area contributed by atoms with Gasteiger partial charge in [0, 0.05) is 50.8 Å². The van der Waals surface area contributed by atoms with Crippen LogP contribution in [-0.4, -0.2) is 59.2 Å². The number of nitrogens with one attached hydrogen (secondary N) is 1. The van der Waals surface area contributed by atoms with Crippen molar-refractivity contribution in [3.8, 4) is 0 Å². The summed E-state index contributed by atoms with van der Waals surface area (Å²) in [7, 11) is 0. The van der Waals surface area contributed by atoms with Gasteiger partial charge < -0.3 is 9.32 Å². The van der Waals surface area contributed by atoms with E-state index in [0.29, 0.717) is 61.4 Å². The summed E-state index contributed by atoms with van der Waals surface area (Å²) in [6.07, 6.45) is 0.252. The molecule has 162 valence electrons. The molecule has 1 aromatic heterocycles. The van der Waals surface area contributed by atoms with E-state index < -0.39 is 17.4 Å². The van der Waals surface area contributed by atoms with Crippen molar-refractivity contribution in [3.63, 3.8) is 0 Å². The molecule has 0 bridgehead atoms. The number of oxazole rings is 1. The molecule has 0 saturated carbocycles. The number of benzene rings is 2. The lowest BCUT2D eigenvalue weighted by Crippen LogP contribution is -2.49. The fourth-order valence-electron chi connectivity index (χ4n) is 3.74. The Kier molecular flexibility index (Phi) is 5.94. The second kappa shape index (κ2) is 8.81. The van der Waals surface area contributed by atoms with E-state index in [1.165, 1.54) is 12.1 Å². The normalized spacial score (nSPS) is 14.8. The lowest BCUT2D eigenvalue weighted by Gasteiger charge is -2.34. The van der Waals surface area contributed by atoms with Crippen LogP contribution in [0.1, 0.15) is 22.3 Å². The Morgan fingerprint density at radius 1 is 1.00 bits per heavy atom. The van der Waals surface area contributed by atoms with Gasteiger partial charge in [-0.25, -0.2) is 13.6 Å². The van der Waals surface area contributed by atoms with Crippen LogP contribution in [0.2, 0.25) is 0 Å². The van der Waals surface area contributed by atoms with Crippen LogP contribution < -0.4 is 5.76 Å². The Bertz CT molecular complexity index is 1160. The third kappa shape index (κ3) is 5.05. The highest BCUT2D eigenvalue weighted by Gasteiger charge is 2.22. The van der Waals surface area contributed by atoms with Crippen molar-refractivity contribution in [1.29, 1.82) is 0 Å². The summed E-state index contributed by atoms with van der Waals surface area (Å²) in [4.78, 5) is 42.4. The van der Waals surface area contributed by atoms with E-state index in [0.717, 1.165) is 6.07 Å². The number of H-pyrrole nitrogens is 1. The molecule has 1 saturated heterocycles. The molecule has 0 radical (unpaired) electrons. The van der Waals surface area contributed by atoms with Crippen molar-refractivity contribution in [2.75, 3.05) is 32.7 Å². The van der Waals surface area contributed by atoms with Gasteiger partial charge in [0.2, 0.25) is 5.91 Å². The topological polar surface area (TPSA) is 86.6 Å². The van der Waals surface area contributed by atoms with E-state index in [1.807, 2.05) is 0 Å². The highest BCUT2D eigenvalue weighted by atomic mass is 19.1. The summed E-state index contributed by atoms with van der Waals surface area (Å²) in [6, 6.07) is 7.96. The zero-order valence-corrected chi connectivity index (χ0v) is 16.7. The number of rotatable bonds is 6. The summed E-state index contributed by atoms with van der Waals surface area (Å²) in [6.45, 7) is 2.76. The molecule has 0 atom stereocenters. The largest absolute Gasteiger partial charge is 0.417 e. The van der Waals surface area contributed by atoms with Gasteiger partial charge >= 0.3 is 5.76 Å². The van der Waals surface area contributed by atoms with E-state index in [9.17, 15) is 23.2 Å². The van der Waals surface area contributed by atoms with E-state index in [-0.39, 0.29) is 18.1 Å². The number of fused-ring (bicyclic) bond motifs is 1. The monoisotopic (exact) mass is 429 g/mol. The van der Waals surface area contributed by atoms with Gasteiger partial charge in [-0.2, -0.15) is 0 Å². The highest BCUT2D eigenvalue weighted by Crippen LogP contribution is 2.15. The third-order valence-electron chi connectivity index (χ3n) is 5.40. The predicted octanol–water partition coefficient (Wildman–Crippen LogP) is 2.36. The van der Waals surface area contributed by atoms with Gasteiger partial charge in [-0.05, 0) is 35.9 Å². The van der Waals surface area contributed by atoms with Gasteiger partial charge in [0.25, 0.3) is 0 Å². The van der Waals surface area contributed by atoms with Crippen LogP contribution in [0.3, 0.4) is 0 Å². The smallest absolute Gasteiger partial charge is 0.408 e. The van der Waals surface area contributed by atoms with Gasteiger partial charge in [-0.3, -0.25) is 19.5 Å². The first-order valence-corrected chi connectivity index (χ1v) is 9.98. The SMILES string of the molecule is O=C(CCN1CCN(C(=O)Cc2cc(F)cc(F)c2)CC1)c1ccc2[nH]c(=O)oc2c1. The lowest BCUT2D eigenvalue weighted by atomic mass is 10.1. The number of nitrogens with zero attached hydrogens (tertiary/aromatic N) is 2. The van der Waals surface area contributed by atoms with Gasteiger partial charge in [0.1, 0.15) is 11.6 Å². The maximum atomic E-state index is 13.3. The summed E-state index contributed by atoms with van der Waals surface area (Å²) in [5, 5.41) is 0. The Morgan fingerprint density at radius 2 is 1.71 bits per heavy atom. The number of aromatic amines is 1. The zero-order chi connectivity index (χ0) is 22.0. The Balaban J connectivity index is 1.26. The van der Waals surface area contributed by atoms with Crippen molar-refractivity contribution in [3.05, 3.63) is 69.7 Å². The van der Waals surface area contributed by atoms with Gasteiger partial charge in [0.15, 0.2) is 11.4 Å². The van der Waals surface area contributed by atoms with Crippen LogP contribution in [-0.2, 0) is 11.2 Å². The second-order valence-corrected chi connectivity index (χ2v) is 7.58. The molecular weight excluding hydrogens is 408 g/mol. The summed E-state index contributed by atoms with van der Waals surface area (Å²) in [5.41, 5.74) is 1.68. The van der Waals surface area contributed by atoms with E-state index >= 15 is 0 Å². The molecule has 1 N–H and O–H groups in total. The standard InChI is InChI=1S/C22H21F2N3O4/c23-16-9-14(10-17(24)13-16)11-21(29)27-7-5-26(6-8-27)4-3-19(28)15-1-2-18-20(12-15)31-22(30)25-18/h1-2,9-10,12-13H,3-8,11H2,(H,25,30). The minimum Gasteiger partial charge on any atom is -0.408 e. The van der Waals surface area contributed by atoms with E-state index in [2.05, 4.69) is 9.88 Å². The third-order valence-corrected chi connectivity index (χ3v) is 5.40. The summed E-state index contributed by atoms with van der Waals surface area (Å²) >= 11 is 0. The number of carbonyl (C=O) groups is 2. The molecule has 2 heterocycles. The fraction of sp³-hybridized carbons (Fsp3) is 0.318. The Labute approximate surface area is 176 Å². The van der Waals surface area contributed by atoms with Crippen LogP contribution in [0.5, 0.6) is 0 Å².